The van der Waals surface area contributed by atoms with Crippen molar-refractivity contribution in [2.45, 2.75) is 0 Å². The topological polar surface area (TPSA) is 52.6 Å². The van der Waals surface area contributed by atoms with Crippen LogP contribution in [0.2, 0.25) is 0 Å². The molecule has 0 saturated carbocycles. The molecule has 28 heavy (non-hydrogen) atoms. The minimum atomic E-state index is -0.550. The summed E-state index contributed by atoms with van der Waals surface area (Å²) in [5.41, 5.74) is 3.14. The van der Waals surface area contributed by atoms with Crippen LogP contribution < -0.4 is 9.47 Å². The average molecular weight is 370 g/mol. The van der Waals surface area contributed by atoms with E-state index < -0.39 is 11.9 Å². The maximum absolute atomic E-state index is 12.0. The molecule has 4 heteroatoms. The Morgan fingerprint density at radius 1 is 0.679 bits per heavy atom. The number of benzene rings is 3. The highest BCUT2D eigenvalue weighted by Crippen LogP contribution is 2.20. The van der Waals surface area contributed by atoms with E-state index in [1.54, 1.807) is 18.2 Å². The molecule has 3 aromatic rings. The lowest BCUT2D eigenvalue weighted by Gasteiger charge is -2.04. The van der Waals surface area contributed by atoms with Crippen molar-refractivity contribution in [1.82, 2.24) is 0 Å². The molecule has 3 aromatic carbocycles. The highest BCUT2D eigenvalue weighted by molar-refractivity contribution is 5.89. The Morgan fingerprint density at radius 2 is 1.21 bits per heavy atom. The minimum Gasteiger partial charge on any atom is -0.423 e. The van der Waals surface area contributed by atoms with Gasteiger partial charge in [0.05, 0.1) is 0 Å². The van der Waals surface area contributed by atoms with Gasteiger partial charge in [-0.15, -0.1) is 0 Å². The Morgan fingerprint density at radius 3 is 1.79 bits per heavy atom. The molecule has 0 aliphatic heterocycles. The van der Waals surface area contributed by atoms with Gasteiger partial charge in [0.1, 0.15) is 11.5 Å². The van der Waals surface area contributed by atoms with Gasteiger partial charge in [-0.1, -0.05) is 61.2 Å². The van der Waals surface area contributed by atoms with Gasteiger partial charge in [-0.2, -0.15) is 0 Å². The Labute approximate surface area is 163 Å². The molecule has 0 fully saturated rings. The molecule has 0 atom stereocenters. The molecular formula is C24H18O4. The van der Waals surface area contributed by atoms with Gasteiger partial charge in [0.15, 0.2) is 0 Å². The van der Waals surface area contributed by atoms with Crippen LogP contribution in [-0.4, -0.2) is 11.9 Å². The van der Waals surface area contributed by atoms with Crippen LogP contribution in [0.5, 0.6) is 11.5 Å². The molecule has 3 rings (SSSR count). The monoisotopic (exact) mass is 370 g/mol. The predicted molar refractivity (Wildman–Crippen MR) is 109 cm³/mol. The second-order valence-electron chi connectivity index (χ2n) is 5.84. The fourth-order valence-electron chi connectivity index (χ4n) is 2.47. The predicted octanol–water partition coefficient (Wildman–Crippen LogP) is 5.06. The smallest absolute Gasteiger partial charge is 0.336 e. The van der Waals surface area contributed by atoms with Gasteiger partial charge in [0.2, 0.25) is 0 Å². The number of esters is 2. The van der Waals surface area contributed by atoms with Gasteiger partial charge in [-0.3, -0.25) is 0 Å². The Balaban J connectivity index is 1.57. The molecule has 0 heterocycles. The largest absolute Gasteiger partial charge is 0.423 e. The standard InChI is InChI=1S/C24H18O4/c1-2-23(25)27-21-13-15-22(16-14-21)28-24(26)17-10-18-8-11-20(12-9-18)19-6-4-3-5-7-19/h2-17H,1H2/b17-10+. The van der Waals surface area contributed by atoms with Gasteiger partial charge in [-0.25, -0.2) is 9.59 Å². The SMILES string of the molecule is C=CC(=O)Oc1ccc(OC(=O)/C=C/c2ccc(-c3ccccc3)cc2)cc1. The summed E-state index contributed by atoms with van der Waals surface area (Å²) in [7, 11) is 0. The first kappa shape index (κ1) is 18.9. The fourth-order valence-corrected chi connectivity index (χ4v) is 2.47. The maximum atomic E-state index is 12.0. The van der Waals surface area contributed by atoms with Crippen molar-refractivity contribution in [3.63, 3.8) is 0 Å². The van der Waals surface area contributed by atoms with Crippen molar-refractivity contribution in [1.29, 1.82) is 0 Å². The van der Waals surface area contributed by atoms with Crippen molar-refractivity contribution in [2.75, 3.05) is 0 Å². The molecule has 4 nitrogen and oxygen atoms in total. The first-order valence-corrected chi connectivity index (χ1v) is 8.64. The minimum absolute atomic E-state index is 0.346. The molecule has 0 spiro atoms. The summed E-state index contributed by atoms with van der Waals surface area (Å²) in [4.78, 5) is 23.1. The zero-order valence-corrected chi connectivity index (χ0v) is 15.1. The number of hydrogen-bond acceptors (Lipinski definition) is 4. The van der Waals surface area contributed by atoms with Crippen LogP contribution in [0, 0.1) is 0 Å². The van der Waals surface area contributed by atoms with Gasteiger partial charge < -0.3 is 9.47 Å². The van der Waals surface area contributed by atoms with Crippen molar-refractivity contribution >= 4 is 18.0 Å². The Hall–Kier alpha value is -3.92. The average Bonchev–Trinajstić information content (AvgIpc) is 2.74. The second-order valence-corrected chi connectivity index (χ2v) is 5.84. The Kier molecular flexibility index (Phi) is 6.16. The van der Waals surface area contributed by atoms with Gasteiger partial charge >= 0.3 is 11.9 Å². The molecule has 0 aliphatic carbocycles. The summed E-state index contributed by atoms with van der Waals surface area (Å²) in [6.07, 6.45) is 4.13. The summed E-state index contributed by atoms with van der Waals surface area (Å²) < 4.78 is 10.2. The summed E-state index contributed by atoms with van der Waals surface area (Å²) in [5, 5.41) is 0. The molecular weight excluding hydrogens is 352 g/mol. The molecule has 0 N–H and O–H groups in total. The maximum Gasteiger partial charge on any atom is 0.336 e. The molecule has 138 valence electrons. The van der Waals surface area contributed by atoms with Crippen molar-refractivity contribution in [2.24, 2.45) is 0 Å². The van der Waals surface area contributed by atoms with Crippen LogP contribution in [0.4, 0.5) is 0 Å². The van der Waals surface area contributed by atoms with Gasteiger partial charge in [-0.05, 0) is 47.0 Å². The first-order valence-electron chi connectivity index (χ1n) is 8.64. The quantitative estimate of drug-likeness (QED) is 0.346. The van der Waals surface area contributed by atoms with E-state index in [1.165, 1.54) is 18.2 Å². The molecule has 0 saturated heterocycles. The van der Waals surface area contributed by atoms with E-state index in [0.717, 1.165) is 22.8 Å². The summed E-state index contributed by atoms with van der Waals surface area (Å²) >= 11 is 0. The summed E-state index contributed by atoms with van der Waals surface area (Å²) in [6, 6.07) is 24.1. The van der Waals surface area contributed by atoms with Crippen molar-refractivity contribution in [3.8, 4) is 22.6 Å². The van der Waals surface area contributed by atoms with E-state index in [-0.39, 0.29) is 0 Å². The normalized spacial score (nSPS) is 10.4. The van der Waals surface area contributed by atoms with Crippen molar-refractivity contribution < 1.29 is 19.1 Å². The van der Waals surface area contributed by atoms with E-state index in [1.807, 2.05) is 54.6 Å². The molecule has 0 unspecified atom stereocenters. The lowest BCUT2D eigenvalue weighted by molar-refractivity contribution is -0.130. The zero-order chi connectivity index (χ0) is 19.8. The number of carbonyl (C=O) groups is 2. The molecule has 0 bridgehead atoms. The molecule has 0 aromatic heterocycles. The van der Waals surface area contributed by atoms with Crippen molar-refractivity contribution in [3.05, 3.63) is 103 Å². The van der Waals surface area contributed by atoms with E-state index >= 15 is 0 Å². The summed E-state index contributed by atoms with van der Waals surface area (Å²) in [5.74, 6) is -0.347. The van der Waals surface area contributed by atoms with Gasteiger partial charge in [0, 0.05) is 12.2 Å². The number of rotatable bonds is 6. The lowest BCUT2D eigenvalue weighted by atomic mass is 10.0. The van der Waals surface area contributed by atoms with E-state index in [0.29, 0.717) is 11.5 Å². The number of carbonyl (C=O) groups excluding carboxylic acids is 2. The van der Waals surface area contributed by atoms with Crippen LogP contribution in [-0.2, 0) is 9.59 Å². The third kappa shape index (κ3) is 5.29. The number of ether oxygens (including phenoxy) is 2. The molecule has 0 radical (unpaired) electrons. The highest BCUT2D eigenvalue weighted by Gasteiger charge is 2.03. The van der Waals surface area contributed by atoms with Crippen LogP contribution in [0.25, 0.3) is 17.2 Å². The van der Waals surface area contributed by atoms with Crippen LogP contribution >= 0.6 is 0 Å². The molecule has 0 amide bonds. The third-order valence-corrected chi connectivity index (χ3v) is 3.86. The van der Waals surface area contributed by atoms with E-state index in [9.17, 15) is 9.59 Å². The van der Waals surface area contributed by atoms with Crippen LogP contribution in [0.15, 0.2) is 97.6 Å². The van der Waals surface area contributed by atoms with Crippen LogP contribution in [0.1, 0.15) is 5.56 Å². The number of hydrogen-bond donors (Lipinski definition) is 0. The van der Waals surface area contributed by atoms with E-state index in [4.69, 9.17) is 9.47 Å². The van der Waals surface area contributed by atoms with Gasteiger partial charge in [0.25, 0.3) is 0 Å². The highest BCUT2D eigenvalue weighted by atomic mass is 16.5. The molecule has 0 aliphatic rings. The Bertz CT molecular complexity index is 985. The van der Waals surface area contributed by atoms with E-state index in [2.05, 4.69) is 6.58 Å². The lowest BCUT2D eigenvalue weighted by Crippen LogP contribution is -2.05. The van der Waals surface area contributed by atoms with Crippen LogP contribution in [0.3, 0.4) is 0 Å². The first-order chi connectivity index (χ1) is 13.6. The summed E-state index contributed by atoms with van der Waals surface area (Å²) in [6.45, 7) is 3.33. The second kappa shape index (κ2) is 9.14. The zero-order valence-electron chi connectivity index (χ0n) is 15.1. The fraction of sp³-hybridized carbons (Fsp3) is 0. The third-order valence-electron chi connectivity index (χ3n) is 3.86.